The smallest absolute Gasteiger partial charge is 0.278 e. The fourth-order valence-corrected chi connectivity index (χ4v) is 3.65. The fourth-order valence-electron chi connectivity index (χ4n) is 3.65. The van der Waals surface area contributed by atoms with Gasteiger partial charge in [-0.15, -0.1) is 0 Å². The Kier molecular flexibility index (Phi) is 5.77. The van der Waals surface area contributed by atoms with Crippen molar-refractivity contribution in [2.75, 3.05) is 12.4 Å². The van der Waals surface area contributed by atoms with Gasteiger partial charge >= 0.3 is 0 Å². The summed E-state index contributed by atoms with van der Waals surface area (Å²) in [6.07, 6.45) is 0. The minimum atomic E-state index is -0.446. The first-order chi connectivity index (χ1) is 15.4. The molecule has 1 aliphatic rings. The first-order valence-corrected chi connectivity index (χ1v) is 10.2. The Morgan fingerprint density at radius 3 is 2.19 bits per heavy atom. The van der Waals surface area contributed by atoms with Gasteiger partial charge in [0.2, 0.25) is 0 Å². The molecule has 1 aliphatic heterocycles. The molecule has 0 saturated carbocycles. The Balaban J connectivity index is 1.77. The van der Waals surface area contributed by atoms with Gasteiger partial charge in [-0.05, 0) is 54.8 Å². The number of hydrogen-bond acceptors (Lipinski definition) is 4. The van der Waals surface area contributed by atoms with Gasteiger partial charge < -0.3 is 10.1 Å². The van der Waals surface area contributed by atoms with Crippen molar-refractivity contribution < 1.29 is 18.7 Å². The third-order valence-electron chi connectivity index (χ3n) is 5.38. The molecule has 3 aromatic carbocycles. The van der Waals surface area contributed by atoms with Crippen LogP contribution in [-0.2, 0) is 16.1 Å². The zero-order chi connectivity index (χ0) is 22.8. The lowest BCUT2D eigenvalue weighted by molar-refractivity contribution is -0.137. The molecule has 32 heavy (non-hydrogen) atoms. The maximum atomic E-state index is 13.4. The lowest BCUT2D eigenvalue weighted by atomic mass is 10.0. The van der Waals surface area contributed by atoms with Gasteiger partial charge in [-0.25, -0.2) is 4.39 Å². The van der Waals surface area contributed by atoms with Gasteiger partial charge in [0, 0.05) is 0 Å². The van der Waals surface area contributed by atoms with Crippen molar-refractivity contribution in [3.63, 3.8) is 0 Å². The van der Waals surface area contributed by atoms with Crippen LogP contribution in [0.3, 0.4) is 0 Å². The molecule has 0 aromatic heterocycles. The van der Waals surface area contributed by atoms with Gasteiger partial charge in [-0.2, -0.15) is 0 Å². The van der Waals surface area contributed by atoms with E-state index in [-0.39, 0.29) is 18.1 Å². The van der Waals surface area contributed by atoms with Gasteiger partial charge in [0.05, 0.1) is 24.9 Å². The van der Waals surface area contributed by atoms with Crippen LogP contribution in [0.5, 0.6) is 5.75 Å². The third-order valence-corrected chi connectivity index (χ3v) is 5.38. The molecule has 3 aromatic rings. The number of aryl methyl sites for hydroxylation is 2. The Labute approximate surface area is 186 Å². The molecule has 0 fully saturated rings. The van der Waals surface area contributed by atoms with Crippen molar-refractivity contribution in [3.05, 3.63) is 100 Å². The lowest BCUT2D eigenvalue weighted by Crippen LogP contribution is -2.32. The molecule has 162 valence electrons. The molecule has 0 atom stereocenters. The molecule has 1 heterocycles. The predicted octanol–water partition coefficient (Wildman–Crippen LogP) is 4.84. The summed E-state index contributed by atoms with van der Waals surface area (Å²) in [5.74, 6) is -0.667. The van der Waals surface area contributed by atoms with Crippen LogP contribution in [0.2, 0.25) is 0 Å². The molecule has 2 amide bonds. The number of carbonyl (C=O) groups is 2. The number of hydrogen-bond donors (Lipinski definition) is 1. The van der Waals surface area contributed by atoms with E-state index in [0.29, 0.717) is 28.1 Å². The van der Waals surface area contributed by atoms with Crippen molar-refractivity contribution in [1.82, 2.24) is 4.90 Å². The average Bonchev–Trinajstić information content (AvgIpc) is 3.00. The third kappa shape index (κ3) is 4.12. The van der Waals surface area contributed by atoms with Crippen molar-refractivity contribution in [3.8, 4) is 5.75 Å². The number of ether oxygens (including phenoxy) is 1. The number of methoxy groups -OCH3 is 1. The van der Waals surface area contributed by atoms with Gasteiger partial charge in [-0.1, -0.05) is 48.0 Å². The van der Waals surface area contributed by atoms with E-state index in [9.17, 15) is 14.0 Å². The molecule has 0 unspecified atom stereocenters. The minimum Gasteiger partial charge on any atom is -0.495 e. The number of nitrogens with zero attached hydrogens (tertiary/aromatic N) is 1. The van der Waals surface area contributed by atoms with E-state index >= 15 is 0 Å². The number of amides is 2. The van der Waals surface area contributed by atoms with Crippen molar-refractivity contribution >= 4 is 23.1 Å². The summed E-state index contributed by atoms with van der Waals surface area (Å²) in [6.45, 7) is 3.93. The first kappa shape index (κ1) is 21.3. The largest absolute Gasteiger partial charge is 0.495 e. The van der Waals surface area contributed by atoms with Crippen LogP contribution in [0.25, 0.3) is 5.57 Å². The second kappa shape index (κ2) is 8.67. The fraction of sp³-hybridized carbons (Fsp3) is 0.154. The summed E-state index contributed by atoms with van der Waals surface area (Å²) < 4.78 is 18.7. The van der Waals surface area contributed by atoms with Crippen LogP contribution < -0.4 is 10.1 Å². The molecule has 0 saturated heterocycles. The normalized spacial score (nSPS) is 13.7. The molecule has 0 spiro atoms. The summed E-state index contributed by atoms with van der Waals surface area (Å²) in [4.78, 5) is 28.0. The molecule has 0 bridgehead atoms. The van der Waals surface area contributed by atoms with E-state index in [2.05, 4.69) is 5.32 Å². The van der Waals surface area contributed by atoms with Crippen LogP contribution in [0, 0.1) is 19.7 Å². The highest BCUT2D eigenvalue weighted by molar-refractivity contribution is 6.36. The van der Waals surface area contributed by atoms with Crippen LogP contribution in [0.15, 0.2) is 72.4 Å². The number of rotatable bonds is 6. The Morgan fingerprint density at radius 2 is 1.53 bits per heavy atom. The highest BCUT2D eigenvalue weighted by Crippen LogP contribution is 2.34. The second-order valence-electron chi connectivity index (χ2n) is 7.77. The zero-order valence-corrected chi connectivity index (χ0v) is 18.1. The van der Waals surface area contributed by atoms with E-state index < -0.39 is 11.8 Å². The summed E-state index contributed by atoms with van der Waals surface area (Å²) in [5, 5.41) is 3.15. The van der Waals surface area contributed by atoms with E-state index in [1.165, 1.54) is 17.0 Å². The monoisotopic (exact) mass is 430 g/mol. The Hall–Kier alpha value is -3.93. The zero-order valence-electron chi connectivity index (χ0n) is 18.1. The number of benzene rings is 3. The highest BCUT2D eigenvalue weighted by atomic mass is 19.1. The average molecular weight is 430 g/mol. The second-order valence-corrected chi connectivity index (χ2v) is 7.77. The number of imide groups is 1. The summed E-state index contributed by atoms with van der Waals surface area (Å²) in [7, 11) is 1.55. The summed E-state index contributed by atoms with van der Waals surface area (Å²) in [6, 6.07) is 18.8. The minimum absolute atomic E-state index is 0.0451. The molecular weight excluding hydrogens is 407 g/mol. The summed E-state index contributed by atoms with van der Waals surface area (Å²) >= 11 is 0. The quantitative estimate of drug-likeness (QED) is 0.569. The Morgan fingerprint density at radius 1 is 0.875 bits per heavy atom. The van der Waals surface area contributed by atoms with E-state index in [1.54, 1.807) is 25.3 Å². The number of anilines is 1. The Bertz CT molecular complexity index is 1210. The topological polar surface area (TPSA) is 58.6 Å². The molecule has 5 nitrogen and oxygen atoms in total. The van der Waals surface area contributed by atoms with Crippen molar-refractivity contribution in [2.24, 2.45) is 0 Å². The SMILES string of the molecule is COc1ccc(C)cc1NC1=C(c2ccc(C)cc2)C(=O)N(Cc2ccc(F)cc2)C1=O. The molecular formula is C26H23FN2O3. The molecule has 0 radical (unpaired) electrons. The number of halogens is 1. The number of nitrogens with one attached hydrogen (secondary N) is 1. The molecule has 6 heteroatoms. The predicted molar refractivity (Wildman–Crippen MR) is 121 cm³/mol. The summed E-state index contributed by atoms with van der Waals surface area (Å²) in [5.41, 5.74) is 4.40. The van der Waals surface area contributed by atoms with Crippen LogP contribution in [-0.4, -0.2) is 23.8 Å². The van der Waals surface area contributed by atoms with Gasteiger partial charge in [0.15, 0.2) is 0 Å². The van der Waals surface area contributed by atoms with Crippen LogP contribution >= 0.6 is 0 Å². The highest BCUT2D eigenvalue weighted by Gasteiger charge is 2.39. The van der Waals surface area contributed by atoms with Gasteiger partial charge in [0.25, 0.3) is 11.8 Å². The van der Waals surface area contributed by atoms with Crippen molar-refractivity contribution in [2.45, 2.75) is 20.4 Å². The maximum absolute atomic E-state index is 13.4. The van der Waals surface area contributed by atoms with Crippen molar-refractivity contribution in [1.29, 1.82) is 0 Å². The van der Waals surface area contributed by atoms with Crippen LogP contribution in [0.4, 0.5) is 10.1 Å². The van der Waals surface area contributed by atoms with E-state index in [0.717, 1.165) is 11.1 Å². The lowest BCUT2D eigenvalue weighted by Gasteiger charge is -2.16. The molecule has 1 N–H and O–H groups in total. The van der Waals surface area contributed by atoms with E-state index in [4.69, 9.17) is 4.74 Å². The van der Waals surface area contributed by atoms with E-state index in [1.807, 2.05) is 50.2 Å². The molecule has 4 rings (SSSR count). The first-order valence-electron chi connectivity index (χ1n) is 10.2. The standard InChI is InChI=1S/C26H23FN2O3/c1-16-4-9-19(10-5-16)23-24(28-21-14-17(2)6-13-22(21)32-3)26(31)29(25(23)30)15-18-7-11-20(27)12-8-18/h4-14,28H,15H2,1-3H3. The number of carbonyl (C=O) groups excluding carboxylic acids is 2. The molecule has 0 aliphatic carbocycles. The van der Waals surface area contributed by atoms with Gasteiger partial charge in [-0.3, -0.25) is 14.5 Å². The van der Waals surface area contributed by atoms with Crippen LogP contribution in [0.1, 0.15) is 22.3 Å². The maximum Gasteiger partial charge on any atom is 0.278 e. The van der Waals surface area contributed by atoms with Gasteiger partial charge in [0.1, 0.15) is 17.3 Å².